The van der Waals surface area contributed by atoms with E-state index in [-0.39, 0.29) is 5.92 Å². The van der Waals surface area contributed by atoms with Gasteiger partial charge in [-0.25, -0.2) is 4.98 Å². The van der Waals surface area contributed by atoms with Crippen LogP contribution in [-0.2, 0) is 11.3 Å². The first kappa shape index (κ1) is 22.0. The Balaban J connectivity index is 1.59. The Morgan fingerprint density at radius 2 is 1.94 bits per heavy atom. The van der Waals surface area contributed by atoms with Crippen molar-refractivity contribution < 1.29 is 4.79 Å². The molecule has 0 unspecified atom stereocenters. The summed E-state index contributed by atoms with van der Waals surface area (Å²) in [6.07, 6.45) is 3.05. The minimum absolute atomic E-state index is 0.0887. The Hall–Kier alpha value is -2.18. The second-order valence-electron chi connectivity index (χ2n) is 8.32. The standard InChI is InChI=1S/C25H31BrN4O/c1-3-15-29(4-2)25(31)19-8-7-16-28(17-19)18-24-27-22-9-5-6-10-23(22)30(24)21-13-11-20(26)12-14-21/h5-6,9-14,19H,3-4,7-8,15-18H2,1-2H3/t19-/m0/s1. The summed E-state index contributed by atoms with van der Waals surface area (Å²) in [5.74, 6) is 1.43. The van der Waals surface area contributed by atoms with Gasteiger partial charge in [-0.15, -0.1) is 0 Å². The molecule has 0 radical (unpaired) electrons. The summed E-state index contributed by atoms with van der Waals surface area (Å²) in [6, 6.07) is 16.7. The average Bonchev–Trinajstić information content (AvgIpc) is 3.15. The van der Waals surface area contributed by atoms with Crippen LogP contribution in [0.2, 0.25) is 0 Å². The van der Waals surface area contributed by atoms with Crippen molar-refractivity contribution in [2.45, 2.75) is 39.7 Å². The number of fused-ring (bicyclic) bond motifs is 1. The Kier molecular flexibility index (Phi) is 7.08. The van der Waals surface area contributed by atoms with Gasteiger partial charge in [0.1, 0.15) is 5.82 Å². The van der Waals surface area contributed by atoms with E-state index in [0.717, 1.165) is 79.0 Å². The maximum Gasteiger partial charge on any atom is 0.226 e. The largest absolute Gasteiger partial charge is 0.343 e. The second-order valence-corrected chi connectivity index (χ2v) is 9.24. The van der Waals surface area contributed by atoms with E-state index >= 15 is 0 Å². The highest BCUT2D eigenvalue weighted by atomic mass is 79.9. The van der Waals surface area contributed by atoms with Crippen LogP contribution < -0.4 is 0 Å². The highest BCUT2D eigenvalue weighted by Crippen LogP contribution is 2.26. The molecule has 31 heavy (non-hydrogen) atoms. The van der Waals surface area contributed by atoms with Gasteiger partial charge in [-0.05, 0) is 69.1 Å². The SMILES string of the molecule is CCCN(CC)C(=O)[C@H]1CCCN(Cc2nc3ccccc3n2-c2ccc(Br)cc2)C1. The van der Waals surface area contributed by atoms with Crippen LogP contribution in [0.15, 0.2) is 53.0 Å². The molecule has 1 amide bonds. The summed E-state index contributed by atoms with van der Waals surface area (Å²) in [6.45, 7) is 8.42. The lowest BCUT2D eigenvalue weighted by Crippen LogP contribution is -2.45. The third kappa shape index (κ3) is 4.85. The maximum absolute atomic E-state index is 13.1. The molecule has 2 aromatic carbocycles. The minimum atomic E-state index is 0.0887. The van der Waals surface area contributed by atoms with Crippen molar-refractivity contribution in [2.24, 2.45) is 5.92 Å². The molecule has 6 heteroatoms. The molecule has 0 aliphatic carbocycles. The zero-order valence-corrected chi connectivity index (χ0v) is 20.0. The van der Waals surface area contributed by atoms with E-state index in [1.165, 1.54) is 0 Å². The Bertz CT molecular complexity index is 1030. The number of likely N-dealkylation sites (tertiary alicyclic amines) is 1. The van der Waals surface area contributed by atoms with Gasteiger partial charge in [0.25, 0.3) is 0 Å². The maximum atomic E-state index is 13.1. The highest BCUT2D eigenvalue weighted by molar-refractivity contribution is 9.10. The molecule has 3 aromatic rings. The summed E-state index contributed by atoms with van der Waals surface area (Å²) < 4.78 is 3.31. The van der Waals surface area contributed by atoms with Crippen molar-refractivity contribution in [3.63, 3.8) is 0 Å². The first-order chi connectivity index (χ1) is 15.1. The molecule has 1 aliphatic heterocycles. The molecule has 5 nitrogen and oxygen atoms in total. The van der Waals surface area contributed by atoms with E-state index < -0.39 is 0 Å². The van der Waals surface area contributed by atoms with Crippen LogP contribution in [0.25, 0.3) is 16.7 Å². The van der Waals surface area contributed by atoms with Crippen molar-refractivity contribution in [2.75, 3.05) is 26.2 Å². The predicted octanol–water partition coefficient (Wildman–Crippen LogP) is 5.26. The van der Waals surface area contributed by atoms with Gasteiger partial charge in [0, 0.05) is 29.8 Å². The monoisotopic (exact) mass is 482 g/mol. The Labute approximate surface area is 193 Å². The lowest BCUT2D eigenvalue weighted by Gasteiger charge is -2.34. The Morgan fingerprint density at radius 1 is 1.16 bits per heavy atom. The van der Waals surface area contributed by atoms with Crippen molar-refractivity contribution >= 4 is 32.9 Å². The van der Waals surface area contributed by atoms with Crippen LogP contribution in [-0.4, -0.2) is 51.4 Å². The molecule has 0 N–H and O–H groups in total. The number of para-hydroxylation sites is 2. The molecule has 1 atom stereocenters. The fourth-order valence-electron chi connectivity index (χ4n) is 4.61. The highest BCUT2D eigenvalue weighted by Gasteiger charge is 2.29. The number of amides is 1. The zero-order valence-electron chi connectivity index (χ0n) is 18.4. The van der Waals surface area contributed by atoms with Gasteiger partial charge < -0.3 is 4.90 Å². The first-order valence-electron chi connectivity index (χ1n) is 11.3. The second kappa shape index (κ2) is 9.96. The van der Waals surface area contributed by atoms with Crippen LogP contribution in [0.4, 0.5) is 0 Å². The van der Waals surface area contributed by atoms with Crippen molar-refractivity contribution in [1.82, 2.24) is 19.4 Å². The summed E-state index contributed by atoms with van der Waals surface area (Å²) in [7, 11) is 0. The number of hydrogen-bond donors (Lipinski definition) is 0. The van der Waals surface area contributed by atoms with Gasteiger partial charge in [-0.1, -0.05) is 35.0 Å². The average molecular weight is 483 g/mol. The molecule has 0 saturated carbocycles. The molecule has 1 aromatic heterocycles. The van der Waals surface area contributed by atoms with Gasteiger partial charge in [-0.2, -0.15) is 0 Å². The lowest BCUT2D eigenvalue weighted by atomic mass is 9.96. The third-order valence-electron chi connectivity index (χ3n) is 6.12. The number of carbonyl (C=O) groups excluding carboxylic acids is 1. The van der Waals surface area contributed by atoms with Crippen LogP contribution in [0.5, 0.6) is 0 Å². The van der Waals surface area contributed by atoms with Crippen LogP contribution in [0, 0.1) is 5.92 Å². The van der Waals surface area contributed by atoms with Crippen molar-refractivity contribution in [3.05, 3.63) is 58.8 Å². The zero-order chi connectivity index (χ0) is 21.8. The number of carbonyl (C=O) groups is 1. The molecular formula is C25H31BrN4O. The van der Waals surface area contributed by atoms with Crippen molar-refractivity contribution in [3.8, 4) is 5.69 Å². The number of rotatable bonds is 7. The molecule has 2 heterocycles. The topological polar surface area (TPSA) is 41.4 Å². The van der Waals surface area contributed by atoms with Crippen LogP contribution >= 0.6 is 15.9 Å². The van der Waals surface area contributed by atoms with E-state index in [1.807, 2.05) is 11.0 Å². The normalized spacial score (nSPS) is 17.2. The van der Waals surface area contributed by atoms with Crippen LogP contribution in [0.3, 0.4) is 0 Å². The number of imidazole rings is 1. The Morgan fingerprint density at radius 3 is 2.68 bits per heavy atom. The van der Waals surface area contributed by atoms with E-state index in [1.54, 1.807) is 0 Å². The van der Waals surface area contributed by atoms with E-state index in [4.69, 9.17) is 4.98 Å². The fraction of sp³-hybridized carbons (Fsp3) is 0.440. The van der Waals surface area contributed by atoms with E-state index in [0.29, 0.717) is 5.91 Å². The number of nitrogens with zero attached hydrogens (tertiary/aromatic N) is 4. The number of benzene rings is 2. The van der Waals surface area contributed by atoms with Gasteiger partial charge in [0.15, 0.2) is 0 Å². The summed E-state index contributed by atoms with van der Waals surface area (Å²) >= 11 is 3.54. The summed E-state index contributed by atoms with van der Waals surface area (Å²) in [5, 5.41) is 0. The molecule has 0 spiro atoms. The summed E-state index contributed by atoms with van der Waals surface area (Å²) in [5.41, 5.74) is 3.23. The third-order valence-corrected chi connectivity index (χ3v) is 6.65. The number of aromatic nitrogens is 2. The van der Waals surface area contributed by atoms with E-state index in [9.17, 15) is 4.79 Å². The van der Waals surface area contributed by atoms with E-state index in [2.05, 4.69) is 81.7 Å². The molecule has 164 valence electrons. The fourth-order valence-corrected chi connectivity index (χ4v) is 4.88. The molecule has 1 saturated heterocycles. The van der Waals surface area contributed by atoms with Gasteiger partial charge in [-0.3, -0.25) is 14.3 Å². The van der Waals surface area contributed by atoms with Gasteiger partial charge >= 0.3 is 0 Å². The number of hydrogen-bond acceptors (Lipinski definition) is 3. The quantitative estimate of drug-likeness (QED) is 0.461. The molecule has 4 rings (SSSR count). The van der Waals surface area contributed by atoms with Gasteiger partial charge in [0.05, 0.1) is 23.5 Å². The molecule has 1 fully saturated rings. The first-order valence-corrected chi connectivity index (χ1v) is 12.1. The molecular weight excluding hydrogens is 452 g/mol. The smallest absolute Gasteiger partial charge is 0.226 e. The number of halogens is 1. The number of piperidine rings is 1. The molecule has 0 bridgehead atoms. The van der Waals surface area contributed by atoms with Crippen molar-refractivity contribution in [1.29, 1.82) is 0 Å². The summed E-state index contributed by atoms with van der Waals surface area (Å²) in [4.78, 5) is 22.4. The van der Waals surface area contributed by atoms with Gasteiger partial charge in [0.2, 0.25) is 5.91 Å². The van der Waals surface area contributed by atoms with Crippen LogP contribution in [0.1, 0.15) is 38.9 Å². The molecule has 1 aliphatic rings. The minimum Gasteiger partial charge on any atom is -0.343 e. The lowest BCUT2D eigenvalue weighted by molar-refractivity contribution is -0.137. The predicted molar refractivity (Wildman–Crippen MR) is 129 cm³/mol.